The summed E-state index contributed by atoms with van der Waals surface area (Å²) in [6, 6.07) is 4.77. The topological polar surface area (TPSA) is 99.9 Å². The highest BCUT2D eigenvalue weighted by molar-refractivity contribution is 5.91. The molecule has 1 aliphatic carbocycles. The molecule has 1 amide bonds. The summed E-state index contributed by atoms with van der Waals surface area (Å²) in [5.41, 5.74) is 1.33. The predicted molar refractivity (Wildman–Crippen MR) is 95.3 cm³/mol. The van der Waals surface area contributed by atoms with Gasteiger partial charge < -0.3 is 14.6 Å². The predicted octanol–water partition coefficient (Wildman–Crippen LogP) is 2.57. The van der Waals surface area contributed by atoms with Crippen molar-refractivity contribution in [1.29, 1.82) is 0 Å². The van der Waals surface area contributed by atoms with Crippen LogP contribution in [0.4, 0.5) is 10.4 Å². The fourth-order valence-corrected chi connectivity index (χ4v) is 3.75. The Morgan fingerprint density at radius 1 is 1.26 bits per heavy atom. The molecule has 2 fully saturated rings. The molecule has 8 nitrogen and oxygen atoms in total. The van der Waals surface area contributed by atoms with E-state index < -0.39 is 5.82 Å². The zero-order chi connectivity index (χ0) is 18.4. The highest BCUT2D eigenvalue weighted by Crippen LogP contribution is 2.53. The summed E-state index contributed by atoms with van der Waals surface area (Å²) >= 11 is 0. The molecule has 2 aliphatic rings. The molecule has 1 aromatic carbocycles. The number of nitrogens with one attached hydrogen (secondary N) is 2. The van der Waals surface area contributed by atoms with Crippen molar-refractivity contribution in [2.45, 2.75) is 25.7 Å². The average molecular weight is 370 g/mol. The first kappa shape index (κ1) is 16.2. The van der Waals surface area contributed by atoms with Crippen molar-refractivity contribution >= 4 is 22.8 Å². The van der Waals surface area contributed by atoms with Gasteiger partial charge in [0, 0.05) is 13.1 Å². The van der Waals surface area contributed by atoms with Crippen LogP contribution in [0.3, 0.4) is 0 Å². The number of anilines is 1. The highest BCUT2D eigenvalue weighted by atomic mass is 19.1. The summed E-state index contributed by atoms with van der Waals surface area (Å²) in [6.45, 7) is 1.71. The zero-order valence-corrected chi connectivity index (χ0v) is 14.7. The number of likely N-dealkylation sites (tertiary alicyclic amines) is 1. The van der Waals surface area contributed by atoms with Crippen LogP contribution in [0, 0.1) is 11.2 Å². The van der Waals surface area contributed by atoms with Crippen molar-refractivity contribution in [3.8, 4) is 11.6 Å². The van der Waals surface area contributed by atoms with E-state index in [2.05, 4.69) is 25.7 Å². The molecule has 3 aromatic rings. The lowest BCUT2D eigenvalue weighted by Gasteiger charge is -2.32. The van der Waals surface area contributed by atoms with Crippen LogP contribution in [0.15, 0.2) is 22.6 Å². The van der Waals surface area contributed by atoms with Gasteiger partial charge in [-0.3, -0.25) is 9.89 Å². The maximum absolute atomic E-state index is 14.1. The molecule has 5 rings (SSSR count). The highest BCUT2D eigenvalue weighted by Gasteiger charge is 2.44. The molecule has 1 spiro atoms. The summed E-state index contributed by atoms with van der Waals surface area (Å²) in [7, 11) is 0. The SMILES string of the molecule is O=C(CNc1nnc(-c2n[nH]c3cccc(F)c23)o1)N1CCC2(CC1)CC2. The van der Waals surface area contributed by atoms with E-state index in [9.17, 15) is 9.18 Å². The van der Waals surface area contributed by atoms with Crippen LogP contribution in [0.5, 0.6) is 0 Å². The Morgan fingerprint density at radius 3 is 2.85 bits per heavy atom. The van der Waals surface area contributed by atoms with Crippen molar-refractivity contribution in [2.75, 3.05) is 25.0 Å². The second-order valence-corrected chi connectivity index (χ2v) is 7.38. The number of carbonyl (C=O) groups excluding carboxylic acids is 1. The van der Waals surface area contributed by atoms with Gasteiger partial charge >= 0.3 is 6.01 Å². The third-order valence-electron chi connectivity index (χ3n) is 5.69. The third kappa shape index (κ3) is 2.92. The largest absolute Gasteiger partial charge is 0.402 e. The lowest BCUT2D eigenvalue weighted by atomic mass is 9.94. The Hall–Kier alpha value is -2.97. The Balaban J connectivity index is 1.25. The van der Waals surface area contributed by atoms with Gasteiger partial charge in [0.1, 0.15) is 5.82 Å². The first-order valence-corrected chi connectivity index (χ1v) is 9.12. The first-order chi connectivity index (χ1) is 13.1. The number of rotatable bonds is 4. The van der Waals surface area contributed by atoms with Crippen molar-refractivity contribution in [3.63, 3.8) is 0 Å². The normalized spacial score (nSPS) is 18.2. The Morgan fingerprint density at radius 2 is 2.07 bits per heavy atom. The number of aromatic nitrogens is 4. The number of hydrogen-bond donors (Lipinski definition) is 2. The molecule has 27 heavy (non-hydrogen) atoms. The maximum Gasteiger partial charge on any atom is 0.316 e. The molecule has 1 saturated carbocycles. The maximum atomic E-state index is 14.1. The van der Waals surface area contributed by atoms with E-state index >= 15 is 0 Å². The number of carbonyl (C=O) groups is 1. The summed E-state index contributed by atoms with van der Waals surface area (Å²) < 4.78 is 19.6. The average Bonchev–Trinajstić information content (AvgIpc) is 3.10. The second-order valence-electron chi connectivity index (χ2n) is 7.38. The van der Waals surface area contributed by atoms with Crippen LogP contribution in [0.2, 0.25) is 0 Å². The van der Waals surface area contributed by atoms with Gasteiger partial charge in [-0.15, -0.1) is 5.10 Å². The van der Waals surface area contributed by atoms with Crippen LogP contribution in [0.25, 0.3) is 22.5 Å². The molecule has 2 aromatic heterocycles. The van der Waals surface area contributed by atoms with Crippen LogP contribution < -0.4 is 5.32 Å². The van der Waals surface area contributed by atoms with Gasteiger partial charge in [-0.2, -0.15) is 5.10 Å². The van der Waals surface area contributed by atoms with Crippen molar-refractivity contribution < 1.29 is 13.6 Å². The van der Waals surface area contributed by atoms with Gasteiger partial charge in [0.15, 0.2) is 5.69 Å². The summed E-state index contributed by atoms with van der Waals surface area (Å²) in [5, 5.41) is 17.8. The van der Waals surface area contributed by atoms with E-state index in [0.717, 1.165) is 25.9 Å². The molecule has 3 heterocycles. The molecule has 140 valence electrons. The number of H-pyrrole nitrogens is 1. The van der Waals surface area contributed by atoms with E-state index in [1.807, 2.05) is 4.90 Å². The molecule has 2 N–H and O–H groups in total. The summed E-state index contributed by atoms with van der Waals surface area (Å²) in [5.74, 6) is -0.311. The lowest BCUT2D eigenvalue weighted by Crippen LogP contribution is -2.41. The Labute approximate surface area is 154 Å². The molecule has 1 saturated heterocycles. The van der Waals surface area contributed by atoms with E-state index in [1.165, 1.54) is 18.9 Å². The van der Waals surface area contributed by atoms with Crippen molar-refractivity contribution in [3.05, 3.63) is 24.0 Å². The number of aromatic amines is 1. The Bertz CT molecular complexity index is 998. The molecular weight excluding hydrogens is 351 g/mol. The molecule has 9 heteroatoms. The van der Waals surface area contributed by atoms with E-state index in [4.69, 9.17) is 4.42 Å². The second kappa shape index (κ2) is 6.04. The molecular formula is C18H19FN6O2. The number of benzene rings is 1. The minimum absolute atomic E-state index is 0.0153. The van der Waals surface area contributed by atoms with Gasteiger partial charge in [0.2, 0.25) is 5.91 Å². The zero-order valence-electron chi connectivity index (χ0n) is 14.7. The standard InChI is InChI=1S/C18H19FN6O2/c19-11-2-1-3-12-14(11)15(22-21-12)16-23-24-17(27-16)20-10-13(26)25-8-6-18(4-5-18)7-9-25/h1-3H,4-10H2,(H,20,24)(H,21,22). The van der Waals surface area contributed by atoms with Gasteiger partial charge in [-0.25, -0.2) is 4.39 Å². The minimum Gasteiger partial charge on any atom is -0.402 e. The fraction of sp³-hybridized carbons (Fsp3) is 0.444. The van der Waals surface area contributed by atoms with E-state index in [0.29, 0.717) is 16.3 Å². The van der Waals surface area contributed by atoms with Crippen molar-refractivity contribution in [2.24, 2.45) is 5.41 Å². The van der Waals surface area contributed by atoms with Gasteiger partial charge in [-0.05, 0) is 43.2 Å². The first-order valence-electron chi connectivity index (χ1n) is 9.12. The van der Waals surface area contributed by atoms with E-state index in [1.54, 1.807) is 12.1 Å². The summed E-state index contributed by atoms with van der Waals surface area (Å²) in [4.78, 5) is 14.2. The fourth-order valence-electron chi connectivity index (χ4n) is 3.75. The number of nitrogens with zero attached hydrogens (tertiary/aromatic N) is 4. The number of fused-ring (bicyclic) bond motifs is 1. The van der Waals surface area contributed by atoms with E-state index in [-0.39, 0.29) is 30.1 Å². The molecule has 1 aliphatic heterocycles. The lowest BCUT2D eigenvalue weighted by molar-refractivity contribution is -0.130. The third-order valence-corrected chi connectivity index (χ3v) is 5.69. The van der Waals surface area contributed by atoms with Crippen LogP contribution in [-0.2, 0) is 4.79 Å². The monoisotopic (exact) mass is 370 g/mol. The molecule has 0 atom stereocenters. The van der Waals surface area contributed by atoms with Gasteiger partial charge in [0.05, 0.1) is 17.4 Å². The number of halogens is 1. The van der Waals surface area contributed by atoms with Crippen LogP contribution >= 0.6 is 0 Å². The number of amides is 1. The Kier molecular flexibility index (Phi) is 3.63. The quantitative estimate of drug-likeness (QED) is 0.732. The molecule has 0 bridgehead atoms. The van der Waals surface area contributed by atoms with Gasteiger partial charge in [0.25, 0.3) is 5.89 Å². The molecule has 0 radical (unpaired) electrons. The smallest absolute Gasteiger partial charge is 0.316 e. The van der Waals surface area contributed by atoms with Crippen molar-refractivity contribution in [1.82, 2.24) is 25.3 Å². The number of piperidine rings is 1. The van der Waals surface area contributed by atoms with Gasteiger partial charge in [-0.1, -0.05) is 11.2 Å². The van der Waals surface area contributed by atoms with Crippen LogP contribution in [-0.4, -0.2) is 50.8 Å². The number of hydrogen-bond acceptors (Lipinski definition) is 6. The molecule has 0 unspecified atom stereocenters. The minimum atomic E-state index is -0.419. The van der Waals surface area contributed by atoms with Crippen LogP contribution in [0.1, 0.15) is 25.7 Å². The summed E-state index contributed by atoms with van der Waals surface area (Å²) in [6.07, 6.45) is 4.81.